The summed E-state index contributed by atoms with van der Waals surface area (Å²) in [5, 5.41) is 2.72. The van der Waals surface area contributed by atoms with Gasteiger partial charge in [0.15, 0.2) is 5.82 Å². The normalized spacial score (nSPS) is 10.2. The molecule has 1 aromatic heterocycles. The number of aromatic nitrogens is 1. The van der Waals surface area contributed by atoms with Gasteiger partial charge in [-0.2, -0.15) is 0 Å². The summed E-state index contributed by atoms with van der Waals surface area (Å²) in [6, 6.07) is 9.24. The fraction of sp³-hybridized carbons (Fsp3) is 0.200. The van der Waals surface area contributed by atoms with E-state index in [2.05, 4.69) is 17.2 Å². The predicted molar refractivity (Wildman–Crippen MR) is 71.2 cm³/mol. The van der Waals surface area contributed by atoms with Crippen LogP contribution in [0.4, 0.5) is 4.39 Å². The van der Waals surface area contributed by atoms with E-state index in [-0.39, 0.29) is 5.56 Å². The largest absolute Gasteiger partial charge is 0.348 e. The minimum atomic E-state index is -0.608. The summed E-state index contributed by atoms with van der Waals surface area (Å²) < 4.78 is 13.4. The minimum Gasteiger partial charge on any atom is -0.348 e. The van der Waals surface area contributed by atoms with Gasteiger partial charge in [-0.25, -0.2) is 4.39 Å². The van der Waals surface area contributed by atoms with Gasteiger partial charge in [-0.05, 0) is 23.6 Å². The first-order valence-electron chi connectivity index (χ1n) is 6.17. The maximum absolute atomic E-state index is 13.4. The van der Waals surface area contributed by atoms with Crippen molar-refractivity contribution in [1.82, 2.24) is 10.3 Å². The van der Waals surface area contributed by atoms with Gasteiger partial charge in [-0.3, -0.25) is 9.78 Å². The van der Waals surface area contributed by atoms with Gasteiger partial charge in [0.2, 0.25) is 0 Å². The molecule has 0 aliphatic heterocycles. The smallest absolute Gasteiger partial charge is 0.254 e. The lowest BCUT2D eigenvalue weighted by Gasteiger charge is -2.09. The second kappa shape index (κ2) is 6.09. The maximum atomic E-state index is 13.4. The molecule has 3 nitrogen and oxygen atoms in total. The monoisotopic (exact) mass is 258 g/mol. The van der Waals surface area contributed by atoms with Gasteiger partial charge in [0.25, 0.3) is 5.91 Å². The molecular formula is C15H15FN2O. The highest BCUT2D eigenvalue weighted by atomic mass is 19.1. The number of carbonyl (C=O) groups is 1. The molecule has 2 aromatic rings. The lowest BCUT2D eigenvalue weighted by molar-refractivity contribution is 0.0946. The predicted octanol–water partition coefficient (Wildman–Crippen LogP) is 2.71. The fourth-order valence-corrected chi connectivity index (χ4v) is 1.90. The average Bonchev–Trinajstić information content (AvgIpc) is 2.45. The third-order valence-electron chi connectivity index (χ3n) is 2.96. The summed E-state index contributed by atoms with van der Waals surface area (Å²) in [4.78, 5) is 15.5. The summed E-state index contributed by atoms with van der Waals surface area (Å²) in [6.07, 6.45) is 3.34. The van der Waals surface area contributed by atoms with E-state index in [1.165, 1.54) is 17.8 Å². The topological polar surface area (TPSA) is 42.0 Å². The van der Waals surface area contributed by atoms with Crippen molar-refractivity contribution in [1.29, 1.82) is 0 Å². The van der Waals surface area contributed by atoms with Crippen molar-refractivity contribution in [3.05, 3.63) is 65.2 Å². The Hall–Kier alpha value is -2.23. The Balaban J connectivity index is 2.07. The van der Waals surface area contributed by atoms with Gasteiger partial charge in [0.05, 0.1) is 11.8 Å². The quantitative estimate of drug-likeness (QED) is 0.916. The van der Waals surface area contributed by atoms with E-state index >= 15 is 0 Å². The van der Waals surface area contributed by atoms with E-state index in [0.29, 0.717) is 6.54 Å². The highest BCUT2D eigenvalue weighted by Crippen LogP contribution is 2.10. The molecule has 1 heterocycles. The van der Waals surface area contributed by atoms with Crippen LogP contribution in [0.2, 0.25) is 0 Å². The molecule has 0 aliphatic carbocycles. The number of rotatable bonds is 4. The fourth-order valence-electron chi connectivity index (χ4n) is 1.90. The lowest BCUT2D eigenvalue weighted by Crippen LogP contribution is -2.24. The molecule has 1 amide bonds. The summed E-state index contributed by atoms with van der Waals surface area (Å²) in [6.45, 7) is 2.45. The van der Waals surface area contributed by atoms with Gasteiger partial charge in [0, 0.05) is 12.7 Å². The molecule has 0 fully saturated rings. The Morgan fingerprint density at radius 3 is 2.68 bits per heavy atom. The van der Waals surface area contributed by atoms with E-state index in [0.717, 1.165) is 18.2 Å². The van der Waals surface area contributed by atoms with Crippen LogP contribution in [0.25, 0.3) is 0 Å². The Bertz CT molecular complexity index is 584. The van der Waals surface area contributed by atoms with Crippen LogP contribution in [0, 0.1) is 5.82 Å². The zero-order valence-electron chi connectivity index (χ0n) is 10.7. The van der Waals surface area contributed by atoms with Crippen LogP contribution in [0.1, 0.15) is 28.4 Å². The summed E-state index contributed by atoms with van der Waals surface area (Å²) in [5.41, 5.74) is 2.25. The van der Waals surface area contributed by atoms with Crippen molar-refractivity contribution >= 4 is 5.91 Å². The van der Waals surface area contributed by atoms with Crippen LogP contribution < -0.4 is 5.32 Å². The SMILES string of the molecule is CCc1ccccc1CNC(=O)c1ccncc1F. The molecule has 0 bridgehead atoms. The molecule has 2 rings (SSSR count). The second-order valence-corrected chi connectivity index (χ2v) is 4.16. The molecule has 4 heteroatoms. The maximum Gasteiger partial charge on any atom is 0.254 e. The van der Waals surface area contributed by atoms with Gasteiger partial charge in [0.1, 0.15) is 0 Å². The second-order valence-electron chi connectivity index (χ2n) is 4.16. The third kappa shape index (κ3) is 3.16. The zero-order chi connectivity index (χ0) is 13.7. The van der Waals surface area contributed by atoms with Crippen LogP contribution in [-0.2, 0) is 13.0 Å². The van der Waals surface area contributed by atoms with Crippen LogP contribution >= 0.6 is 0 Å². The van der Waals surface area contributed by atoms with Crippen molar-refractivity contribution < 1.29 is 9.18 Å². The summed E-state index contributed by atoms with van der Waals surface area (Å²) >= 11 is 0. The molecule has 98 valence electrons. The van der Waals surface area contributed by atoms with Crippen LogP contribution in [0.3, 0.4) is 0 Å². The van der Waals surface area contributed by atoms with Crippen LogP contribution in [-0.4, -0.2) is 10.9 Å². The van der Waals surface area contributed by atoms with E-state index in [1.54, 1.807) is 0 Å². The first-order chi connectivity index (χ1) is 9.22. The zero-order valence-corrected chi connectivity index (χ0v) is 10.7. The number of aryl methyl sites for hydroxylation is 1. The lowest BCUT2D eigenvalue weighted by atomic mass is 10.1. The van der Waals surface area contributed by atoms with Gasteiger partial charge in [-0.15, -0.1) is 0 Å². The van der Waals surface area contributed by atoms with Crippen LogP contribution in [0.5, 0.6) is 0 Å². The van der Waals surface area contributed by atoms with E-state index < -0.39 is 11.7 Å². The molecule has 1 aromatic carbocycles. The molecule has 0 atom stereocenters. The molecule has 1 N–H and O–H groups in total. The average molecular weight is 258 g/mol. The third-order valence-corrected chi connectivity index (χ3v) is 2.96. The number of nitrogens with one attached hydrogen (secondary N) is 1. The Morgan fingerprint density at radius 2 is 2.00 bits per heavy atom. The van der Waals surface area contributed by atoms with E-state index in [1.807, 2.05) is 24.3 Å². The highest BCUT2D eigenvalue weighted by molar-refractivity contribution is 5.94. The Labute approximate surface area is 111 Å². The number of carbonyl (C=O) groups excluding carboxylic acids is 1. The molecule has 0 saturated heterocycles. The van der Waals surface area contributed by atoms with Crippen molar-refractivity contribution in [3.63, 3.8) is 0 Å². The van der Waals surface area contributed by atoms with Gasteiger partial charge < -0.3 is 5.32 Å². The molecule has 0 spiro atoms. The molecule has 0 radical (unpaired) electrons. The molecule has 0 aliphatic rings. The summed E-state index contributed by atoms with van der Waals surface area (Å²) in [5.74, 6) is -1.03. The number of hydrogen-bond donors (Lipinski definition) is 1. The Morgan fingerprint density at radius 1 is 1.26 bits per heavy atom. The van der Waals surface area contributed by atoms with Crippen molar-refractivity contribution in [2.45, 2.75) is 19.9 Å². The molecule has 0 unspecified atom stereocenters. The minimum absolute atomic E-state index is 0.0176. The van der Waals surface area contributed by atoms with E-state index in [4.69, 9.17) is 0 Å². The molecular weight excluding hydrogens is 243 g/mol. The van der Waals surface area contributed by atoms with Crippen LogP contribution in [0.15, 0.2) is 42.7 Å². The summed E-state index contributed by atoms with van der Waals surface area (Å²) in [7, 11) is 0. The number of nitrogens with zero attached hydrogens (tertiary/aromatic N) is 1. The standard InChI is InChI=1S/C15H15FN2O/c1-2-11-5-3-4-6-12(11)9-18-15(19)13-7-8-17-10-14(13)16/h3-8,10H,2,9H2,1H3,(H,18,19). The first-order valence-corrected chi connectivity index (χ1v) is 6.17. The molecule has 0 saturated carbocycles. The van der Waals surface area contributed by atoms with Crippen molar-refractivity contribution in [2.24, 2.45) is 0 Å². The van der Waals surface area contributed by atoms with Gasteiger partial charge in [-0.1, -0.05) is 31.2 Å². The number of amides is 1. The van der Waals surface area contributed by atoms with E-state index in [9.17, 15) is 9.18 Å². The number of benzene rings is 1. The Kier molecular flexibility index (Phi) is 4.23. The first kappa shape index (κ1) is 13.2. The van der Waals surface area contributed by atoms with Gasteiger partial charge >= 0.3 is 0 Å². The number of halogens is 1. The number of hydrogen-bond acceptors (Lipinski definition) is 2. The van der Waals surface area contributed by atoms with Crippen molar-refractivity contribution in [2.75, 3.05) is 0 Å². The molecule has 19 heavy (non-hydrogen) atoms. The highest BCUT2D eigenvalue weighted by Gasteiger charge is 2.11. The van der Waals surface area contributed by atoms with Crippen molar-refractivity contribution in [3.8, 4) is 0 Å². The number of pyridine rings is 1.